The quantitative estimate of drug-likeness (QED) is 0.266. The Labute approximate surface area is 314 Å². The molecule has 3 heterocycles. The molecule has 1 unspecified atom stereocenters. The van der Waals surface area contributed by atoms with Crippen LogP contribution >= 0.6 is 0 Å². The molecular weight excluding hydrogens is 678 g/mol. The van der Waals surface area contributed by atoms with Crippen molar-refractivity contribution in [3.05, 3.63) is 0 Å². The average Bonchev–Trinajstić information content (AvgIpc) is 3.11. The molecule has 3 rings (SSSR count). The summed E-state index contributed by atoms with van der Waals surface area (Å²) in [6.45, 7) is 13.9. The molecule has 3 aliphatic rings. The number of carbonyl (C=O) groups is 2. The number of aliphatic hydroxyl groups excluding tert-OH is 3. The van der Waals surface area contributed by atoms with Crippen LogP contribution in [0.25, 0.3) is 0 Å². The molecule has 0 saturated carbocycles. The summed E-state index contributed by atoms with van der Waals surface area (Å²) in [7, 11) is 4.31. The smallest absolute Gasteiger partial charge is 0.311 e. The number of Topliss-reactive ketones (excluding diaryl/α,β-unsaturated/α-hetero) is 1. The Morgan fingerprint density at radius 2 is 1.52 bits per heavy atom. The third kappa shape index (κ3) is 9.38. The molecule has 4 N–H and O–H groups in total. The average molecular weight is 751 g/mol. The molecule has 3 aliphatic heterocycles. The van der Waals surface area contributed by atoms with Crippen molar-refractivity contribution in [2.75, 3.05) is 28.2 Å². The van der Waals surface area contributed by atoms with Gasteiger partial charge in [-0.15, -0.1) is 0 Å². The molecule has 52 heavy (non-hydrogen) atoms. The monoisotopic (exact) mass is 750 g/mol. The summed E-state index contributed by atoms with van der Waals surface area (Å²) in [5, 5.41) is 45.7. The van der Waals surface area contributed by atoms with Gasteiger partial charge < -0.3 is 58.5 Å². The van der Waals surface area contributed by atoms with Gasteiger partial charge in [0, 0.05) is 48.5 Å². The van der Waals surface area contributed by atoms with E-state index in [0.29, 0.717) is 0 Å². The first-order chi connectivity index (χ1) is 25.2. The minimum Gasteiger partial charge on any atom is -0.459 e. The van der Waals surface area contributed by atoms with E-state index in [4.69, 9.17) is 37.3 Å². The van der Waals surface area contributed by atoms with Gasteiger partial charge >= 0.3 is 5.97 Å². The third-order valence-electron chi connectivity index (χ3n) is 12.1. The minimum absolute atomic E-state index is 0.0150. The Kier molecular flexibility index (Phi) is 13.7. The van der Waals surface area contributed by atoms with E-state index < -0.39 is 121 Å². The lowest BCUT2D eigenvalue weighted by Gasteiger charge is -2.50. The highest BCUT2D eigenvalue weighted by molar-refractivity contribution is 5.83. The maximum Gasteiger partial charge on any atom is 0.311 e. The Morgan fingerprint density at radius 1 is 0.904 bits per heavy atom. The van der Waals surface area contributed by atoms with Gasteiger partial charge in [0.15, 0.2) is 12.6 Å². The van der Waals surface area contributed by atoms with Gasteiger partial charge in [-0.1, -0.05) is 27.7 Å². The van der Waals surface area contributed by atoms with Crippen molar-refractivity contribution in [1.29, 1.82) is 0 Å². The van der Waals surface area contributed by atoms with Gasteiger partial charge in [-0.3, -0.25) is 9.59 Å². The number of hydrogen-bond acceptors (Lipinski definition) is 14. The highest BCUT2D eigenvalue weighted by Gasteiger charge is 2.54. The first-order valence-corrected chi connectivity index (χ1v) is 18.7. The van der Waals surface area contributed by atoms with Crippen LogP contribution in [0.4, 0.5) is 0 Å². The second-order valence-electron chi connectivity index (χ2n) is 16.3. The number of hydrogen-bond donors (Lipinski definition) is 4. The number of esters is 1. The number of nitrogens with zero attached hydrogens (tertiary/aromatic N) is 1. The lowest BCUT2D eigenvalue weighted by molar-refractivity contribution is -0.319. The molecule has 3 fully saturated rings. The standard InChI is InChI=1S/C38H69NO13/c1-15-26-38(10,45)31(42)21(4)28(40)19(2)17-37(9,47-14)33(52-35-29(41)25(39(11)12)16-20(3)48-35)22(5)30(23(6)34(44)50-26)51-27-18-36(8,46-13)32(43)24(7)49-27/h19-27,29-33,35,41-43,45H,15-18H2,1-14H3/t19-,20-,21+,22+,23-,24+,25+,26-,27+,29-,30?,31-,32+,33-,35+,36-,37-,38-/m1/s1/i11D3. The number of methoxy groups -OCH3 is 2. The highest BCUT2D eigenvalue weighted by atomic mass is 16.7. The van der Waals surface area contributed by atoms with Crippen LogP contribution < -0.4 is 0 Å². The van der Waals surface area contributed by atoms with E-state index in [1.165, 1.54) is 35.1 Å². The maximum absolute atomic E-state index is 14.2. The topological polar surface area (TPSA) is 183 Å². The molecule has 14 nitrogen and oxygen atoms in total. The summed E-state index contributed by atoms with van der Waals surface area (Å²) in [6, 6.07) is -0.887. The van der Waals surface area contributed by atoms with E-state index in [0.717, 1.165) is 4.90 Å². The summed E-state index contributed by atoms with van der Waals surface area (Å²) < 4.78 is 67.6. The minimum atomic E-state index is -2.53. The van der Waals surface area contributed by atoms with E-state index in [2.05, 4.69) is 0 Å². The number of likely N-dealkylation sites (N-methyl/N-ethyl adjacent to an activating group) is 1. The molecule has 0 spiro atoms. The SMILES string of the molecule is [2H]C([2H])([2H])N(C)[C@H]1C[C@@H](C)O[C@@H](O[C@@H]2[C@@H](C)C(O[C@H]3C[C@@](C)(OC)[C@@H](O)[C@H](C)O3)[C@@H](C)C(=O)O[C@H](CC)[C@@](C)(O)[C@H](O)[C@@H](C)C(=O)[C@H](C)C[C@@]2(C)OC)[C@@H]1O. The highest BCUT2D eigenvalue weighted by Crippen LogP contribution is 2.41. The van der Waals surface area contributed by atoms with E-state index in [1.807, 2.05) is 0 Å². The predicted octanol–water partition coefficient (Wildman–Crippen LogP) is 2.44. The van der Waals surface area contributed by atoms with Crippen molar-refractivity contribution in [3.8, 4) is 0 Å². The Balaban J connectivity index is 2.24. The van der Waals surface area contributed by atoms with Gasteiger partial charge in [-0.05, 0) is 74.8 Å². The molecule has 0 amide bonds. The first kappa shape index (κ1) is 40.4. The molecular formula is C38H69NO13. The largest absolute Gasteiger partial charge is 0.459 e. The fourth-order valence-corrected chi connectivity index (χ4v) is 8.46. The Bertz CT molecular complexity index is 1290. The van der Waals surface area contributed by atoms with Crippen LogP contribution in [-0.4, -0.2) is 150 Å². The maximum atomic E-state index is 14.2. The summed E-state index contributed by atoms with van der Waals surface area (Å²) in [5.74, 6) is -4.95. The second-order valence-corrected chi connectivity index (χ2v) is 16.3. The molecule has 0 bridgehead atoms. The summed E-state index contributed by atoms with van der Waals surface area (Å²) >= 11 is 0. The number of rotatable bonds is 8. The summed E-state index contributed by atoms with van der Waals surface area (Å²) in [4.78, 5) is 29.3. The number of cyclic esters (lactones) is 1. The zero-order chi connectivity index (χ0) is 42.2. The van der Waals surface area contributed by atoms with Crippen LogP contribution in [0.1, 0.15) is 99.0 Å². The molecule has 0 aromatic heterocycles. The lowest BCUT2D eigenvalue weighted by Crippen LogP contribution is -2.61. The van der Waals surface area contributed by atoms with E-state index in [-0.39, 0.29) is 31.5 Å². The molecule has 18 atom stereocenters. The zero-order valence-corrected chi connectivity index (χ0v) is 33.4. The van der Waals surface area contributed by atoms with Gasteiger partial charge in [0.1, 0.15) is 29.7 Å². The van der Waals surface area contributed by atoms with Crippen LogP contribution in [-0.2, 0) is 42.7 Å². The fourth-order valence-electron chi connectivity index (χ4n) is 8.46. The number of ether oxygens (including phenoxy) is 7. The summed E-state index contributed by atoms with van der Waals surface area (Å²) in [5.41, 5.74) is -4.47. The molecule has 0 aromatic carbocycles. The van der Waals surface area contributed by atoms with Crippen LogP contribution in [0.2, 0.25) is 0 Å². The van der Waals surface area contributed by atoms with Gasteiger partial charge in [0.05, 0.1) is 47.6 Å². The van der Waals surface area contributed by atoms with Crippen molar-refractivity contribution in [2.45, 2.75) is 179 Å². The lowest BCUT2D eigenvalue weighted by atomic mass is 9.74. The van der Waals surface area contributed by atoms with Gasteiger partial charge in [0.25, 0.3) is 0 Å². The third-order valence-corrected chi connectivity index (χ3v) is 12.1. The van der Waals surface area contributed by atoms with Gasteiger partial charge in [-0.25, -0.2) is 0 Å². The molecule has 304 valence electrons. The number of carbonyl (C=O) groups excluding carboxylic acids is 2. The van der Waals surface area contributed by atoms with Crippen molar-refractivity contribution in [3.63, 3.8) is 0 Å². The van der Waals surface area contributed by atoms with Crippen LogP contribution in [0.3, 0.4) is 0 Å². The first-order valence-electron chi connectivity index (χ1n) is 20.2. The zero-order valence-electron chi connectivity index (χ0n) is 36.4. The van der Waals surface area contributed by atoms with Crippen LogP contribution in [0.15, 0.2) is 0 Å². The van der Waals surface area contributed by atoms with E-state index >= 15 is 0 Å². The predicted molar refractivity (Wildman–Crippen MR) is 191 cm³/mol. The Morgan fingerprint density at radius 3 is 2.08 bits per heavy atom. The van der Waals surface area contributed by atoms with Gasteiger partial charge in [0.2, 0.25) is 0 Å². The van der Waals surface area contributed by atoms with E-state index in [1.54, 1.807) is 55.4 Å². The normalized spacial score (nSPS) is 50.1. The summed E-state index contributed by atoms with van der Waals surface area (Å²) in [6.07, 6.45) is -10.8. The van der Waals surface area contributed by atoms with Crippen molar-refractivity contribution in [1.82, 2.24) is 4.90 Å². The van der Waals surface area contributed by atoms with Crippen LogP contribution in [0, 0.1) is 23.7 Å². The second kappa shape index (κ2) is 17.7. The van der Waals surface area contributed by atoms with Crippen molar-refractivity contribution < 1.29 is 67.3 Å². The number of aliphatic hydroxyl groups is 4. The molecule has 3 saturated heterocycles. The Hall–Kier alpha value is -1.30. The molecule has 0 aromatic rings. The number of ketones is 1. The van der Waals surface area contributed by atoms with Crippen molar-refractivity contribution >= 4 is 11.8 Å². The van der Waals surface area contributed by atoms with E-state index in [9.17, 15) is 30.0 Å². The van der Waals surface area contributed by atoms with Gasteiger partial charge in [-0.2, -0.15) is 0 Å². The molecule has 14 heteroatoms. The van der Waals surface area contributed by atoms with Crippen LogP contribution in [0.5, 0.6) is 0 Å². The fraction of sp³-hybridized carbons (Fsp3) is 0.947. The van der Waals surface area contributed by atoms with Crippen molar-refractivity contribution in [2.24, 2.45) is 23.7 Å². The molecule has 0 aliphatic carbocycles. The molecule has 0 radical (unpaired) electrons.